The van der Waals surface area contributed by atoms with Gasteiger partial charge in [-0.05, 0) is 24.6 Å². The summed E-state index contributed by atoms with van der Waals surface area (Å²) in [5.41, 5.74) is 1.85. The molecule has 0 saturated carbocycles. The van der Waals surface area contributed by atoms with Crippen LogP contribution in [-0.4, -0.2) is 8.42 Å². The maximum atomic E-state index is 12.4. The second-order valence-electron chi connectivity index (χ2n) is 4.08. The lowest BCUT2D eigenvalue weighted by atomic mass is 10.2. The summed E-state index contributed by atoms with van der Waals surface area (Å²) in [7, 11) is -3.39. The van der Waals surface area contributed by atoms with E-state index in [0.717, 1.165) is 11.1 Å². The van der Waals surface area contributed by atoms with Crippen molar-refractivity contribution in [2.24, 2.45) is 0 Å². The summed E-state index contributed by atoms with van der Waals surface area (Å²) in [6, 6.07) is 15.9. The van der Waals surface area contributed by atoms with Crippen molar-refractivity contribution in [3.05, 3.63) is 65.7 Å². The van der Waals surface area contributed by atoms with Gasteiger partial charge in [0.1, 0.15) is 4.16 Å². The van der Waals surface area contributed by atoms with Crippen molar-refractivity contribution in [2.45, 2.75) is 16.0 Å². The van der Waals surface area contributed by atoms with Crippen molar-refractivity contribution in [3.8, 4) is 0 Å². The standard InChI is InChI=1S/C14H13BrO2S/c1-11-7-9-12(10-8-11)14(15)18(16,17)13-5-3-2-4-6-13/h2-10,14H,1H3. The third-order valence-electron chi connectivity index (χ3n) is 2.68. The number of halogens is 1. The molecule has 2 aromatic carbocycles. The van der Waals surface area contributed by atoms with Gasteiger partial charge in [0.25, 0.3) is 0 Å². The van der Waals surface area contributed by atoms with E-state index >= 15 is 0 Å². The molecule has 0 saturated heterocycles. The molecule has 0 fully saturated rings. The monoisotopic (exact) mass is 324 g/mol. The van der Waals surface area contributed by atoms with Crippen LogP contribution in [-0.2, 0) is 9.84 Å². The Kier molecular flexibility index (Phi) is 3.88. The summed E-state index contributed by atoms with van der Waals surface area (Å²) in [5, 5.41) is 0. The molecule has 0 amide bonds. The number of hydrogen-bond donors (Lipinski definition) is 0. The van der Waals surface area contributed by atoms with Gasteiger partial charge in [-0.25, -0.2) is 8.42 Å². The Hall–Kier alpha value is -1.13. The molecule has 0 N–H and O–H groups in total. The minimum absolute atomic E-state index is 0.326. The topological polar surface area (TPSA) is 34.1 Å². The lowest BCUT2D eigenvalue weighted by Crippen LogP contribution is -2.08. The highest BCUT2D eigenvalue weighted by atomic mass is 79.9. The zero-order valence-corrected chi connectivity index (χ0v) is 12.3. The van der Waals surface area contributed by atoms with Gasteiger partial charge < -0.3 is 0 Å². The van der Waals surface area contributed by atoms with Crippen molar-refractivity contribution >= 4 is 25.8 Å². The number of alkyl halides is 1. The molecule has 1 unspecified atom stereocenters. The van der Waals surface area contributed by atoms with E-state index in [4.69, 9.17) is 0 Å². The van der Waals surface area contributed by atoms with Crippen LogP contribution in [0.3, 0.4) is 0 Å². The Morgan fingerprint density at radius 3 is 2.06 bits per heavy atom. The maximum Gasteiger partial charge on any atom is 0.195 e. The van der Waals surface area contributed by atoms with Gasteiger partial charge in [0.15, 0.2) is 9.84 Å². The van der Waals surface area contributed by atoms with Gasteiger partial charge >= 0.3 is 0 Å². The fourth-order valence-corrected chi connectivity index (χ4v) is 3.87. The summed E-state index contributed by atoms with van der Waals surface area (Å²) in [6.07, 6.45) is 0. The van der Waals surface area contributed by atoms with Crippen LogP contribution in [0.2, 0.25) is 0 Å². The highest BCUT2D eigenvalue weighted by molar-refractivity contribution is 9.10. The summed E-state index contributed by atoms with van der Waals surface area (Å²) < 4.78 is 24.0. The molecule has 0 aromatic heterocycles. The normalized spacial score (nSPS) is 13.2. The summed E-state index contributed by atoms with van der Waals surface area (Å²) >= 11 is 3.28. The van der Waals surface area contributed by atoms with Gasteiger partial charge in [-0.1, -0.05) is 64.0 Å². The first-order valence-electron chi connectivity index (χ1n) is 5.51. The molecule has 18 heavy (non-hydrogen) atoms. The molecule has 0 bridgehead atoms. The van der Waals surface area contributed by atoms with Gasteiger partial charge in [0, 0.05) is 0 Å². The van der Waals surface area contributed by atoms with E-state index in [2.05, 4.69) is 15.9 Å². The van der Waals surface area contributed by atoms with E-state index in [0.29, 0.717) is 4.90 Å². The van der Waals surface area contributed by atoms with Crippen LogP contribution in [0.15, 0.2) is 59.5 Å². The lowest BCUT2D eigenvalue weighted by Gasteiger charge is -2.12. The Morgan fingerprint density at radius 2 is 1.50 bits per heavy atom. The van der Waals surface area contributed by atoms with E-state index in [9.17, 15) is 8.42 Å². The van der Waals surface area contributed by atoms with Crippen LogP contribution in [0.1, 0.15) is 15.3 Å². The summed E-state index contributed by atoms with van der Waals surface area (Å²) in [6.45, 7) is 1.97. The van der Waals surface area contributed by atoms with Crippen LogP contribution in [0.4, 0.5) is 0 Å². The fraction of sp³-hybridized carbons (Fsp3) is 0.143. The van der Waals surface area contributed by atoms with Gasteiger partial charge in [-0.15, -0.1) is 0 Å². The van der Waals surface area contributed by atoms with Crippen LogP contribution in [0.25, 0.3) is 0 Å². The summed E-state index contributed by atoms with van der Waals surface area (Å²) in [4.78, 5) is 0.326. The van der Waals surface area contributed by atoms with Crippen LogP contribution >= 0.6 is 15.9 Å². The Morgan fingerprint density at radius 1 is 0.944 bits per heavy atom. The molecule has 0 radical (unpaired) electrons. The molecule has 4 heteroatoms. The number of rotatable bonds is 3. The molecule has 2 nitrogen and oxygen atoms in total. The number of aryl methyl sites for hydroxylation is 1. The van der Waals surface area contributed by atoms with Crippen LogP contribution in [0.5, 0.6) is 0 Å². The Labute approximate surface area is 116 Å². The number of hydrogen-bond acceptors (Lipinski definition) is 2. The molecule has 94 valence electrons. The SMILES string of the molecule is Cc1ccc(C(Br)S(=O)(=O)c2ccccc2)cc1. The van der Waals surface area contributed by atoms with Crippen molar-refractivity contribution in [3.63, 3.8) is 0 Å². The molecule has 0 aliphatic carbocycles. The Balaban J connectivity index is 2.39. The van der Waals surface area contributed by atoms with Crippen LogP contribution < -0.4 is 0 Å². The Bertz CT molecular complexity index is 619. The van der Waals surface area contributed by atoms with E-state index in [-0.39, 0.29) is 0 Å². The molecule has 0 aliphatic rings. The molecule has 2 aromatic rings. The highest BCUT2D eigenvalue weighted by Gasteiger charge is 2.26. The first-order valence-corrected chi connectivity index (χ1v) is 7.97. The average molecular weight is 325 g/mol. The maximum absolute atomic E-state index is 12.4. The number of sulfone groups is 1. The van der Waals surface area contributed by atoms with E-state index in [1.54, 1.807) is 30.3 Å². The van der Waals surface area contributed by atoms with Gasteiger partial charge in [-0.3, -0.25) is 0 Å². The molecular formula is C14H13BrO2S. The molecule has 0 heterocycles. The van der Waals surface area contributed by atoms with Crippen molar-refractivity contribution < 1.29 is 8.42 Å². The first-order chi connectivity index (χ1) is 8.51. The minimum Gasteiger partial charge on any atom is -0.222 e. The van der Waals surface area contributed by atoms with Gasteiger partial charge in [-0.2, -0.15) is 0 Å². The third-order valence-corrected chi connectivity index (χ3v) is 6.43. The third kappa shape index (κ3) is 2.65. The average Bonchev–Trinajstić information content (AvgIpc) is 2.40. The lowest BCUT2D eigenvalue weighted by molar-refractivity contribution is 0.595. The first kappa shape index (κ1) is 13.3. The molecule has 0 spiro atoms. The van der Waals surface area contributed by atoms with Crippen molar-refractivity contribution in [1.29, 1.82) is 0 Å². The van der Waals surface area contributed by atoms with Gasteiger partial charge in [0.05, 0.1) is 4.90 Å². The highest BCUT2D eigenvalue weighted by Crippen LogP contribution is 2.33. The molecule has 2 rings (SSSR count). The second kappa shape index (κ2) is 5.24. The van der Waals surface area contributed by atoms with Crippen LogP contribution in [0, 0.1) is 6.92 Å². The zero-order chi connectivity index (χ0) is 13.2. The molecular weight excluding hydrogens is 312 g/mol. The van der Waals surface area contributed by atoms with Crippen molar-refractivity contribution in [1.82, 2.24) is 0 Å². The fourth-order valence-electron chi connectivity index (χ4n) is 1.63. The number of benzene rings is 2. The molecule has 1 atom stereocenters. The van der Waals surface area contributed by atoms with E-state index in [1.165, 1.54) is 0 Å². The van der Waals surface area contributed by atoms with E-state index < -0.39 is 14.0 Å². The second-order valence-corrected chi connectivity index (χ2v) is 7.64. The minimum atomic E-state index is -3.39. The van der Waals surface area contributed by atoms with Gasteiger partial charge in [0.2, 0.25) is 0 Å². The predicted molar refractivity (Wildman–Crippen MR) is 76.5 cm³/mol. The predicted octanol–water partition coefficient (Wildman–Crippen LogP) is 3.86. The van der Waals surface area contributed by atoms with E-state index in [1.807, 2.05) is 31.2 Å². The largest absolute Gasteiger partial charge is 0.222 e. The smallest absolute Gasteiger partial charge is 0.195 e. The molecule has 0 aliphatic heterocycles. The van der Waals surface area contributed by atoms with Crippen molar-refractivity contribution in [2.75, 3.05) is 0 Å². The summed E-state index contributed by atoms with van der Waals surface area (Å²) in [5.74, 6) is 0. The zero-order valence-electron chi connectivity index (χ0n) is 9.88. The quantitative estimate of drug-likeness (QED) is 0.803.